The van der Waals surface area contributed by atoms with Crippen molar-refractivity contribution in [2.75, 3.05) is 6.61 Å². The molecule has 0 N–H and O–H groups in total. The molecule has 6 heteroatoms. The van der Waals surface area contributed by atoms with Gasteiger partial charge < -0.3 is 9.15 Å². The van der Waals surface area contributed by atoms with Crippen LogP contribution in [0.15, 0.2) is 52.9 Å². The summed E-state index contributed by atoms with van der Waals surface area (Å²) < 4.78 is 12.3. The highest BCUT2D eigenvalue weighted by Crippen LogP contribution is 2.19. The van der Waals surface area contributed by atoms with Crippen LogP contribution in [0.1, 0.15) is 22.8 Å². The van der Waals surface area contributed by atoms with Gasteiger partial charge in [-0.25, -0.2) is 4.68 Å². The van der Waals surface area contributed by atoms with Crippen LogP contribution in [0, 0.1) is 11.8 Å². The number of hydrogen-bond acceptors (Lipinski definition) is 5. The van der Waals surface area contributed by atoms with E-state index in [0.717, 1.165) is 16.9 Å². The molecule has 5 nitrogen and oxygen atoms in total. The Hall–Kier alpha value is -2.73. The molecule has 0 fully saturated rings. The Kier molecular flexibility index (Phi) is 5.09. The second-order valence-corrected chi connectivity index (χ2v) is 5.93. The van der Waals surface area contributed by atoms with Gasteiger partial charge in [0, 0.05) is 11.1 Å². The van der Waals surface area contributed by atoms with E-state index in [1.54, 1.807) is 24.3 Å². The second-order valence-electron chi connectivity index (χ2n) is 5.58. The minimum absolute atomic E-state index is 0.0299. The first-order chi connectivity index (χ1) is 12.1. The highest BCUT2D eigenvalue weighted by molar-refractivity contribution is 7.71. The maximum absolute atomic E-state index is 12.4. The Bertz CT molecular complexity index is 925. The summed E-state index contributed by atoms with van der Waals surface area (Å²) in [6.07, 6.45) is 0. The summed E-state index contributed by atoms with van der Waals surface area (Å²) in [6.45, 7) is 4.54. The van der Waals surface area contributed by atoms with Crippen molar-refractivity contribution in [3.63, 3.8) is 0 Å². The van der Waals surface area contributed by atoms with Crippen molar-refractivity contribution < 1.29 is 13.9 Å². The predicted octanol–water partition coefficient (Wildman–Crippen LogP) is 4.46. The number of ketones is 1. The summed E-state index contributed by atoms with van der Waals surface area (Å²) >= 11 is 5.18. The normalized spacial score (nSPS) is 10.6. The largest absolute Gasteiger partial charge is 0.494 e. The molecule has 128 valence electrons. The molecule has 0 bridgehead atoms. The Balaban J connectivity index is 1.77. The number of carbonyl (C=O) groups is 1. The van der Waals surface area contributed by atoms with Gasteiger partial charge >= 0.3 is 0 Å². The van der Waals surface area contributed by atoms with Gasteiger partial charge in [0.05, 0.1) is 6.61 Å². The van der Waals surface area contributed by atoms with Gasteiger partial charge in [-0.3, -0.25) is 4.79 Å². The topological polar surface area (TPSA) is 57.3 Å². The summed E-state index contributed by atoms with van der Waals surface area (Å²) in [5.74, 6) is 1.05. The van der Waals surface area contributed by atoms with Crippen LogP contribution in [-0.4, -0.2) is 22.2 Å². The first-order valence-corrected chi connectivity index (χ1v) is 8.38. The zero-order valence-electron chi connectivity index (χ0n) is 14.1. The Morgan fingerprint density at radius 3 is 2.48 bits per heavy atom. The predicted molar refractivity (Wildman–Crippen MR) is 97.4 cm³/mol. The molecule has 1 aromatic heterocycles. The van der Waals surface area contributed by atoms with E-state index in [4.69, 9.17) is 21.4 Å². The van der Waals surface area contributed by atoms with Gasteiger partial charge in [0.25, 0.3) is 4.84 Å². The number of hydrogen-bond donors (Lipinski definition) is 0. The first-order valence-electron chi connectivity index (χ1n) is 7.98. The molecule has 0 spiro atoms. The minimum atomic E-state index is -0.0945. The highest BCUT2D eigenvalue weighted by atomic mass is 32.1. The quantitative estimate of drug-likeness (QED) is 0.483. The van der Waals surface area contributed by atoms with Crippen LogP contribution < -0.4 is 4.74 Å². The fourth-order valence-electron chi connectivity index (χ4n) is 2.35. The molecule has 0 aliphatic rings. The zero-order chi connectivity index (χ0) is 17.8. The highest BCUT2D eigenvalue weighted by Gasteiger charge is 2.13. The van der Waals surface area contributed by atoms with Crippen LogP contribution >= 0.6 is 12.2 Å². The molecule has 25 heavy (non-hydrogen) atoms. The van der Waals surface area contributed by atoms with E-state index in [1.807, 2.05) is 38.1 Å². The van der Waals surface area contributed by atoms with Gasteiger partial charge in [-0.1, -0.05) is 17.7 Å². The molecule has 3 rings (SSSR count). The molecule has 0 radical (unpaired) electrons. The number of aromatic nitrogens is 2. The number of benzene rings is 2. The maximum Gasteiger partial charge on any atom is 0.287 e. The Labute approximate surface area is 150 Å². The van der Waals surface area contributed by atoms with E-state index in [1.165, 1.54) is 4.68 Å². The van der Waals surface area contributed by atoms with Crippen molar-refractivity contribution in [3.8, 4) is 17.2 Å². The van der Waals surface area contributed by atoms with Crippen molar-refractivity contribution in [2.24, 2.45) is 0 Å². The fraction of sp³-hybridized carbons (Fsp3) is 0.211. The van der Waals surface area contributed by atoms with Gasteiger partial charge in [0.2, 0.25) is 5.89 Å². The summed E-state index contributed by atoms with van der Waals surface area (Å²) in [7, 11) is 0. The van der Waals surface area contributed by atoms with E-state index in [2.05, 4.69) is 5.10 Å². The first kappa shape index (κ1) is 17.1. The fourth-order valence-corrected chi connectivity index (χ4v) is 2.53. The molecule has 1 heterocycles. The van der Waals surface area contributed by atoms with Crippen LogP contribution in [0.2, 0.25) is 0 Å². The number of Topliss-reactive ketones (excluding diaryl/α,β-unsaturated/α-hetero) is 1. The molecule has 3 aromatic rings. The van der Waals surface area contributed by atoms with Crippen LogP contribution in [0.3, 0.4) is 0 Å². The standard InChI is InChI=1S/C19H18N2O3S/c1-3-23-16-10-8-14(9-11-16)17(22)12-21-19(25)24-18(20-21)15-6-4-13(2)5-7-15/h4-11H,3,12H2,1-2H3. The molecular formula is C19H18N2O3S. The van der Waals surface area contributed by atoms with Crippen LogP contribution in [-0.2, 0) is 6.54 Å². The third-order valence-electron chi connectivity index (χ3n) is 3.69. The lowest BCUT2D eigenvalue weighted by Gasteiger charge is -2.04. The average Bonchev–Trinajstić information content (AvgIpc) is 2.97. The van der Waals surface area contributed by atoms with E-state index >= 15 is 0 Å². The number of aryl methyl sites for hydroxylation is 1. The van der Waals surface area contributed by atoms with Gasteiger partial charge in [-0.05, 0) is 62.5 Å². The molecule has 0 atom stereocenters. The van der Waals surface area contributed by atoms with E-state index < -0.39 is 0 Å². The zero-order valence-corrected chi connectivity index (χ0v) is 14.9. The summed E-state index contributed by atoms with van der Waals surface area (Å²) in [5.41, 5.74) is 2.54. The SMILES string of the molecule is CCOc1ccc(C(=O)Cn2nc(-c3ccc(C)cc3)oc2=S)cc1. The van der Waals surface area contributed by atoms with Crippen molar-refractivity contribution in [1.82, 2.24) is 9.78 Å². The molecule has 0 aliphatic heterocycles. The van der Waals surface area contributed by atoms with E-state index in [9.17, 15) is 4.79 Å². The summed E-state index contributed by atoms with van der Waals surface area (Å²) in [6, 6.07) is 14.8. The number of rotatable bonds is 6. The van der Waals surface area contributed by atoms with Crippen molar-refractivity contribution in [2.45, 2.75) is 20.4 Å². The lowest BCUT2D eigenvalue weighted by Crippen LogP contribution is -2.11. The third kappa shape index (κ3) is 4.03. The number of carbonyl (C=O) groups excluding carboxylic acids is 1. The Morgan fingerprint density at radius 1 is 1.16 bits per heavy atom. The van der Waals surface area contributed by atoms with Gasteiger partial charge in [-0.15, -0.1) is 5.10 Å². The van der Waals surface area contributed by atoms with Crippen LogP contribution in [0.5, 0.6) is 5.75 Å². The van der Waals surface area contributed by atoms with E-state index in [-0.39, 0.29) is 17.2 Å². The molecule has 0 unspecified atom stereocenters. The molecule has 0 saturated carbocycles. The number of nitrogens with zero attached hydrogens (tertiary/aromatic N) is 2. The third-order valence-corrected chi connectivity index (χ3v) is 3.98. The average molecular weight is 354 g/mol. The van der Waals surface area contributed by atoms with Crippen molar-refractivity contribution >= 4 is 18.0 Å². The van der Waals surface area contributed by atoms with E-state index in [0.29, 0.717) is 18.1 Å². The molecule has 0 aliphatic carbocycles. The van der Waals surface area contributed by atoms with Crippen molar-refractivity contribution in [3.05, 3.63) is 64.5 Å². The Morgan fingerprint density at radius 2 is 1.84 bits per heavy atom. The lowest BCUT2D eigenvalue weighted by molar-refractivity contribution is 0.0966. The van der Waals surface area contributed by atoms with Crippen LogP contribution in [0.4, 0.5) is 0 Å². The monoisotopic (exact) mass is 354 g/mol. The minimum Gasteiger partial charge on any atom is -0.494 e. The van der Waals surface area contributed by atoms with Gasteiger partial charge in [0.15, 0.2) is 5.78 Å². The van der Waals surface area contributed by atoms with Gasteiger partial charge in [0.1, 0.15) is 12.3 Å². The molecular weight excluding hydrogens is 336 g/mol. The summed E-state index contributed by atoms with van der Waals surface area (Å²) in [4.78, 5) is 12.6. The van der Waals surface area contributed by atoms with Gasteiger partial charge in [-0.2, -0.15) is 0 Å². The molecule has 2 aromatic carbocycles. The second kappa shape index (κ2) is 7.44. The smallest absolute Gasteiger partial charge is 0.287 e. The van der Waals surface area contributed by atoms with Crippen LogP contribution in [0.25, 0.3) is 11.5 Å². The van der Waals surface area contributed by atoms with Crippen molar-refractivity contribution in [1.29, 1.82) is 0 Å². The lowest BCUT2D eigenvalue weighted by atomic mass is 10.1. The molecule has 0 saturated heterocycles. The molecule has 0 amide bonds. The maximum atomic E-state index is 12.4. The summed E-state index contributed by atoms with van der Waals surface area (Å²) in [5, 5.41) is 4.32. The number of ether oxygens (including phenoxy) is 1.